The molecule has 4 heteroatoms. The number of nitrogens with one attached hydrogen (secondary N) is 1. The Morgan fingerprint density at radius 2 is 2.29 bits per heavy atom. The van der Waals surface area contributed by atoms with Crippen molar-refractivity contribution in [2.24, 2.45) is 0 Å². The Labute approximate surface area is 82.6 Å². The summed E-state index contributed by atoms with van der Waals surface area (Å²) in [5.74, 6) is -0.235. The first-order chi connectivity index (χ1) is 6.77. The van der Waals surface area contributed by atoms with Crippen LogP contribution in [0.3, 0.4) is 0 Å². The molecule has 0 aromatic carbocycles. The van der Waals surface area contributed by atoms with Gasteiger partial charge in [0.25, 0.3) is 5.91 Å². The van der Waals surface area contributed by atoms with E-state index in [2.05, 4.69) is 10.3 Å². The van der Waals surface area contributed by atoms with Crippen molar-refractivity contribution in [1.82, 2.24) is 10.3 Å². The van der Waals surface area contributed by atoms with Gasteiger partial charge in [0.05, 0.1) is 6.07 Å². The first-order valence-electron chi connectivity index (χ1n) is 4.38. The molecule has 1 atom stereocenters. The molecular weight excluding hydrogens is 178 g/mol. The van der Waals surface area contributed by atoms with E-state index in [0.29, 0.717) is 12.0 Å². The molecule has 0 aliphatic carbocycles. The van der Waals surface area contributed by atoms with Gasteiger partial charge in [0.2, 0.25) is 0 Å². The quantitative estimate of drug-likeness (QED) is 0.774. The molecule has 1 aromatic rings. The number of hydrogen-bond acceptors (Lipinski definition) is 3. The van der Waals surface area contributed by atoms with E-state index in [-0.39, 0.29) is 5.91 Å². The fourth-order valence-electron chi connectivity index (χ4n) is 0.970. The third-order valence-corrected chi connectivity index (χ3v) is 1.81. The number of carbonyl (C=O) groups is 1. The predicted octanol–water partition coefficient (Wildman–Crippen LogP) is 1.11. The molecule has 1 N–H and O–H groups in total. The number of nitrogens with zero attached hydrogens (tertiary/aromatic N) is 2. The zero-order valence-corrected chi connectivity index (χ0v) is 7.90. The van der Waals surface area contributed by atoms with E-state index in [1.165, 1.54) is 0 Å². The maximum Gasteiger partial charge on any atom is 0.252 e. The first kappa shape index (κ1) is 10.2. The van der Waals surface area contributed by atoms with Crippen LogP contribution in [0.15, 0.2) is 24.5 Å². The lowest BCUT2D eigenvalue weighted by Gasteiger charge is -2.08. The molecule has 1 heterocycles. The Kier molecular flexibility index (Phi) is 3.62. The number of hydrogen-bond donors (Lipinski definition) is 1. The van der Waals surface area contributed by atoms with Gasteiger partial charge in [-0.25, -0.2) is 0 Å². The minimum absolute atomic E-state index is 0.235. The highest BCUT2D eigenvalue weighted by Gasteiger charge is 2.10. The molecule has 0 fully saturated rings. The highest BCUT2D eigenvalue weighted by atomic mass is 16.1. The van der Waals surface area contributed by atoms with Crippen LogP contribution in [0.5, 0.6) is 0 Å². The summed E-state index contributed by atoms with van der Waals surface area (Å²) >= 11 is 0. The van der Waals surface area contributed by atoms with Crippen molar-refractivity contribution in [1.29, 1.82) is 5.26 Å². The van der Waals surface area contributed by atoms with Gasteiger partial charge in [0.1, 0.15) is 6.04 Å². The van der Waals surface area contributed by atoms with Crippen molar-refractivity contribution in [3.05, 3.63) is 30.1 Å². The molecule has 1 aromatic heterocycles. The topological polar surface area (TPSA) is 65.8 Å². The summed E-state index contributed by atoms with van der Waals surface area (Å²) in [6, 6.07) is 4.81. The summed E-state index contributed by atoms with van der Waals surface area (Å²) in [7, 11) is 0. The molecule has 0 spiro atoms. The number of rotatable bonds is 3. The molecule has 1 rings (SSSR count). The summed E-state index contributed by atoms with van der Waals surface area (Å²) in [5, 5.41) is 11.2. The minimum Gasteiger partial charge on any atom is -0.336 e. The van der Waals surface area contributed by atoms with Gasteiger partial charge in [0.15, 0.2) is 0 Å². The number of aromatic nitrogens is 1. The van der Waals surface area contributed by atoms with Gasteiger partial charge in [-0.05, 0) is 18.6 Å². The number of nitriles is 1. The van der Waals surface area contributed by atoms with Crippen LogP contribution in [0.2, 0.25) is 0 Å². The molecule has 0 radical (unpaired) electrons. The summed E-state index contributed by atoms with van der Waals surface area (Å²) in [6.07, 6.45) is 3.69. The molecule has 0 saturated carbocycles. The van der Waals surface area contributed by atoms with Gasteiger partial charge in [-0.15, -0.1) is 0 Å². The van der Waals surface area contributed by atoms with Crippen molar-refractivity contribution >= 4 is 5.91 Å². The van der Waals surface area contributed by atoms with Crippen LogP contribution in [0, 0.1) is 11.3 Å². The Morgan fingerprint density at radius 3 is 2.79 bits per heavy atom. The maximum absolute atomic E-state index is 11.5. The van der Waals surface area contributed by atoms with Crippen LogP contribution in [0.25, 0.3) is 0 Å². The van der Waals surface area contributed by atoms with E-state index >= 15 is 0 Å². The van der Waals surface area contributed by atoms with Gasteiger partial charge in [-0.3, -0.25) is 9.78 Å². The monoisotopic (exact) mass is 189 g/mol. The van der Waals surface area contributed by atoms with Crippen LogP contribution < -0.4 is 5.32 Å². The molecule has 0 saturated heterocycles. The second-order valence-electron chi connectivity index (χ2n) is 2.80. The molecule has 1 amide bonds. The lowest BCUT2D eigenvalue weighted by atomic mass is 10.2. The van der Waals surface area contributed by atoms with E-state index < -0.39 is 6.04 Å². The Balaban J connectivity index is 2.64. The smallest absolute Gasteiger partial charge is 0.252 e. The highest BCUT2D eigenvalue weighted by Crippen LogP contribution is 1.97. The largest absolute Gasteiger partial charge is 0.336 e. The van der Waals surface area contributed by atoms with Crippen molar-refractivity contribution < 1.29 is 4.79 Å². The Morgan fingerprint density at radius 1 is 1.64 bits per heavy atom. The van der Waals surface area contributed by atoms with E-state index in [1.54, 1.807) is 24.5 Å². The number of amides is 1. The number of pyridine rings is 1. The van der Waals surface area contributed by atoms with E-state index in [0.717, 1.165) is 0 Å². The molecule has 0 aliphatic rings. The van der Waals surface area contributed by atoms with Crippen LogP contribution in [-0.4, -0.2) is 16.9 Å². The predicted molar refractivity (Wildman–Crippen MR) is 51.4 cm³/mol. The standard InChI is InChI=1S/C10H11N3O/c1-2-9(7-11)13-10(14)8-3-5-12-6-4-8/h3-6,9H,2H2,1H3,(H,13,14). The molecule has 1 unspecified atom stereocenters. The molecule has 4 nitrogen and oxygen atoms in total. The SMILES string of the molecule is CCC(C#N)NC(=O)c1ccncc1. The van der Waals surface area contributed by atoms with Crippen molar-refractivity contribution in [3.63, 3.8) is 0 Å². The third-order valence-electron chi connectivity index (χ3n) is 1.81. The summed E-state index contributed by atoms with van der Waals surface area (Å²) in [4.78, 5) is 15.3. The van der Waals surface area contributed by atoms with Gasteiger partial charge in [-0.1, -0.05) is 6.92 Å². The first-order valence-corrected chi connectivity index (χ1v) is 4.38. The second kappa shape index (κ2) is 4.97. The summed E-state index contributed by atoms with van der Waals surface area (Å²) < 4.78 is 0. The van der Waals surface area contributed by atoms with Crippen molar-refractivity contribution in [3.8, 4) is 6.07 Å². The normalized spacial score (nSPS) is 11.4. The van der Waals surface area contributed by atoms with Crippen LogP contribution in [-0.2, 0) is 0 Å². The Hall–Kier alpha value is -1.89. The Bertz CT molecular complexity index is 342. The summed E-state index contributed by atoms with van der Waals surface area (Å²) in [5.41, 5.74) is 0.522. The van der Waals surface area contributed by atoms with Crippen molar-refractivity contribution in [2.45, 2.75) is 19.4 Å². The van der Waals surface area contributed by atoms with Crippen LogP contribution in [0.1, 0.15) is 23.7 Å². The zero-order valence-electron chi connectivity index (χ0n) is 7.90. The minimum atomic E-state index is -0.421. The third kappa shape index (κ3) is 2.56. The maximum atomic E-state index is 11.5. The lowest BCUT2D eigenvalue weighted by molar-refractivity contribution is 0.0944. The van der Waals surface area contributed by atoms with E-state index in [4.69, 9.17) is 5.26 Å². The van der Waals surface area contributed by atoms with Gasteiger partial charge < -0.3 is 5.32 Å². The second-order valence-corrected chi connectivity index (χ2v) is 2.80. The molecular formula is C10H11N3O. The van der Waals surface area contributed by atoms with Crippen LogP contribution in [0.4, 0.5) is 0 Å². The van der Waals surface area contributed by atoms with E-state index in [1.807, 2.05) is 13.0 Å². The fourth-order valence-corrected chi connectivity index (χ4v) is 0.970. The lowest BCUT2D eigenvalue weighted by Crippen LogP contribution is -2.33. The fraction of sp³-hybridized carbons (Fsp3) is 0.300. The average Bonchev–Trinajstić information content (AvgIpc) is 2.26. The van der Waals surface area contributed by atoms with Crippen molar-refractivity contribution in [2.75, 3.05) is 0 Å². The molecule has 0 bridgehead atoms. The number of carbonyl (C=O) groups excluding carboxylic acids is 1. The summed E-state index contributed by atoms with van der Waals surface area (Å²) in [6.45, 7) is 1.85. The molecule has 0 aliphatic heterocycles. The van der Waals surface area contributed by atoms with Crippen LogP contribution >= 0.6 is 0 Å². The molecule has 72 valence electrons. The molecule has 14 heavy (non-hydrogen) atoms. The van der Waals surface area contributed by atoms with Gasteiger partial charge in [-0.2, -0.15) is 5.26 Å². The average molecular weight is 189 g/mol. The zero-order chi connectivity index (χ0) is 10.4. The van der Waals surface area contributed by atoms with Gasteiger partial charge in [0, 0.05) is 18.0 Å². The van der Waals surface area contributed by atoms with E-state index in [9.17, 15) is 4.79 Å². The van der Waals surface area contributed by atoms with Gasteiger partial charge >= 0.3 is 0 Å². The highest BCUT2D eigenvalue weighted by molar-refractivity contribution is 5.94.